The average molecular weight is 226 g/mol. The van der Waals surface area contributed by atoms with Crippen molar-refractivity contribution in [2.75, 3.05) is 18.0 Å². The lowest BCUT2D eigenvalue weighted by atomic mass is 9.83. The SMILES string of the molecule is CCc1csc(N2CC(O)(C(C)C)C2)n1. The van der Waals surface area contributed by atoms with Crippen LogP contribution in [0.3, 0.4) is 0 Å². The lowest BCUT2D eigenvalue weighted by Crippen LogP contribution is -2.64. The van der Waals surface area contributed by atoms with Crippen molar-refractivity contribution in [1.82, 2.24) is 4.98 Å². The Morgan fingerprint density at radius 3 is 2.73 bits per heavy atom. The van der Waals surface area contributed by atoms with Crippen LogP contribution in [0.25, 0.3) is 0 Å². The number of hydrogen-bond acceptors (Lipinski definition) is 4. The molecule has 0 spiro atoms. The Morgan fingerprint density at radius 1 is 1.60 bits per heavy atom. The molecule has 0 radical (unpaired) electrons. The molecule has 84 valence electrons. The highest BCUT2D eigenvalue weighted by Crippen LogP contribution is 2.34. The van der Waals surface area contributed by atoms with Gasteiger partial charge in [-0.3, -0.25) is 0 Å². The molecule has 1 aliphatic rings. The zero-order valence-corrected chi connectivity index (χ0v) is 10.3. The highest BCUT2D eigenvalue weighted by atomic mass is 32.1. The third-order valence-corrected chi connectivity index (χ3v) is 4.13. The van der Waals surface area contributed by atoms with Crippen LogP contribution in [0, 0.1) is 5.92 Å². The van der Waals surface area contributed by atoms with Crippen LogP contribution in [0.5, 0.6) is 0 Å². The minimum atomic E-state index is -0.502. The quantitative estimate of drug-likeness (QED) is 0.855. The van der Waals surface area contributed by atoms with Gasteiger partial charge in [0.2, 0.25) is 0 Å². The van der Waals surface area contributed by atoms with Crippen LogP contribution in [-0.2, 0) is 6.42 Å². The number of β-amino-alcohol motifs (C(OH)–C–C–N with tert-alkyl or cyclic N) is 1. The molecular formula is C11H18N2OS. The van der Waals surface area contributed by atoms with E-state index in [-0.39, 0.29) is 0 Å². The van der Waals surface area contributed by atoms with Gasteiger partial charge in [-0.25, -0.2) is 4.98 Å². The zero-order valence-electron chi connectivity index (χ0n) is 9.53. The van der Waals surface area contributed by atoms with Crippen LogP contribution in [0.2, 0.25) is 0 Å². The number of aryl methyl sites for hydroxylation is 1. The highest BCUT2D eigenvalue weighted by molar-refractivity contribution is 7.13. The molecule has 2 rings (SSSR count). The molecule has 0 aliphatic carbocycles. The zero-order chi connectivity index (χ0) is 11.1. The van der Waals surface area contributed by atoms with Crippen molar-refractivity contribution in [3.05, 3.63) is 11.1 Å². The van der Waals surface area contributed by atoms with Crippen LogP contribution in [0.15, 0.2) is 5.38 Å². The average Bonchev–Trinajstić information content (AvgIpc) is 2.60. The summed E-state index contributed by atoms with van der Waals surface area (Å²) in [5.41, 5.74) is 0.646. The molecule has 1 aromatic rings. The van der Waals surface area contributed by atoms with Gasteiger partial charge in [-0.05, 0) is 12.3 Å². The van der Waals surface area contributed by atoms with E-state index in [0.29, 0.717) is 5.92 Å². The predicted octanol–water partition coefficient (Wildman–Crippen LogP) is 1.91. The van der Waals surface area contributed by atoms with Crippen LogP contribution in [-0.4, -0.2) is 28.8 Å². The summed E-state index contributed by atoms with van der Waals surface area (Å²) in [5.74, 6) is 0.319. The fourth-order valence-electron chi connectivity index (χ4n) is 1.72. The Hall–Kier alpha value is -0.610. The summed E-state index contributed by atoms with van der Waals surface area (Å²) in [6.45, 7) is 7.69. The summed E-state index contributed by atoms with van der Waals surface area (Å²) < 4.78 is 0. The van der Waals surface area contributed by atoms with Gasteiger partial charge in [-0.2, -0.15) is 0 Å². The van der Waals surface area contributed by atoms with E-state index in [4.69, 9.17) is 0 Å². The summed E-state index contributed by atoms with van der Waals surface area (Å²) >= 11 is 1.67. The summed E-state index contributed by atoms with van der Waals surface area (Å²) in [6, 6.07) is 0. The van der Waals surface area contributed by atoms with E-state index >= 15 is 0 Å². The Labute approximate surface area is 94.8 Å². The van der Waals surface area contributed by atoms with Crippen LogP contribution >= 0.6 is 11.3 Å². The van der Waals surface area contributed by atoms with Crippen LogP contribution in [0.1, 0.15) is 26.5 Å². The van der Waals surface area contributed by atoms with Gasteiger partial charge in [-0.1, -0.05) is 20.8 Å². The third kappa shape index (κ3) is 1.88. The van der Waals surface area contributed by atoms with Crippen molar-refractivity contribution >= 4 is 16.5 Å². The van der Waals surface area contributed by atoms with E-state index in [1.165, 1.54) is 0 Å². The monoisotopic (exact) mass is 226 g/mol. The number of anilines is 1. The largest absolute Gasteiger partial charge is 0.386 e. The molecule has 1 aromatic heterocycles. The number of aromatic nitrogens is 1. The Kier molecular flexibility index (Phi) is 2.73. The number of aliphatic hydroxyl groups is 1. The normalized spacial score (nSPS) is 19.4. The van der Waals surface area contributed by atoms with Gasteiger partial charge in [0.25, 0.3) is 0 Å². The maximum Gasteiger partial charge on any atom is 0.185 e. The predicted molar refractivity (Wildman–Crippen MR) is 63.5 cm³/mol. The van der Waals surface area contributed by atoms with Gasteiger partial charge >= 0.3 is 0 Å². The standard InChI is InChI=1S/C11H18N2OS/c1-4-9-5-15-10(12-9)13-6-11(14,7-13)8(2)3/h5,8,14H,4,6-7H2,1-3H3. The number of rotatable bonds is 3. The molecule has 2 heterocycles. The van der Waals surface area contributed by atoms with Gasteiger partial charge in [-0.15, -0.1) is 11.3 Å². The van der Waals surface area contributed by atoms with Gasteiger partial charge in [0.05, 0.1) is 18.8 Å². The summed E-state index contributed by atoms with van der Waals surface area (Å²) in [5, 5.41) is 13.3. The first-order valence-electron chi connectivity index (χ1n) is 5.47. The molecule has 0 saturated carbocycles. The van der Waals surface area contributed by atoms with Gasteiger partial charge in [0.15, 0.2) is 5.13 Å². The second kappa shape index (κ2) is 3.76. The molecule has 0 amide bonds. The first-order valence-corrected chi connectivity index (χ1v) is 6.35. The molecule has 0 atom stereocenters. The summed E-state index contributed by atoms with van der Waals surface area (Å²) in [7, 11) is 0. The maximum absolute atomic E-state index is 10.1. The molecule has 15 heavy (non-hydrogen) atoms. The van der Waals surface area contributed by atoms with Crippen molar-refractivity contribution in [2.45, 2.75) is 32.8 Å². The van der Waals surface area contributed by atoms with Gasteiger partial charge in [0, 0.05) is 5.38 Å². The second-order valence-electron chi connectivity index (χ2n) is 4.59. The van der Waals surface area contributed by atoms with Crippen molar-refractivity contribution in [2.24, 2.45) is 5.92 Å². The number of thiazole rings is 1. The van der Waals surface area contributed by atoms with Crippen molar-refractivity contribution in [1.29, 1.82) is 0 Å². The number of hydrogen-bond donors (Lipinski definition) is 1. The van der Waals surface area contributed by atoms with E-state index < -0.39 is 5.60 Å². The lowest BCUT2D eigenvalue weighted by molar-refractivity contribution is -0.0300. The Morgan fingerprint density at radius 2 is 2.27 bits per heavy atom. The summed E-state index contributed by atoms with van der Waals surface area (Å²) in [6.07, 6.45) is 0.985. The van der Waals surface area contributed by atoms with E-state index in [0.717, 1.165) is 30.3 Å². The van der Waals surface area contributed by atoms with Crippen LogP contribution in [0.4, 0.5) is 5.13 Å². The molecule has 4 heteroatoms. The molecule has 1 fully saturated rings. The van der Waals surface area contributed by atoms with Crippen molar-refractivity contribution < 1.29 is 5.11 Å². The Balaban J connectivity index is 1.99. The second-order valence-corrected chi connectivity index (χ2v) is 5.43. The summed E-state index contributed by atoms with van der Waals surface area (Å²) in [4.78, 5) is 6.67. The van der Waals surface area contributed by atoms with Gasteiger partial charge in [0.1, 0.15) is 5.60 Å². The number of nitrogens with zero attached hydrogens (tertiary/aromatic N) is 2. The molecule has 3 nitrogen and oxygen atoms in total. The molecule has 0 unspecified atom stereocenters. The molecule has 0 bridgehead atoms. The van der Waals surface area contributed by atoms with Crippen molar-refractivity contribution in [3.63, 3.8) is 0 Å². The molecule has 1 aliphatic heterocycles. The molecule has 1 saturated heterocycles. The smallest absolute Gasteiger partial charge is 0.185 e. The maximum atomic E-state index is 10.1. The van der Waals surface area contributed by atoms with E-state index in [1.807, 2.05) is 0 Å². The van der Waals surface area contributed by atoms with E-state index in [9.17, 15) is 5.11 Å². The molecule has 0 aromatic carbocycles. The topological polar surface area (TPSA) is 36.4 Å². The van der Waals surface area contributed by atoms with Crippen LogP contribution < -0.4 is 4.90 Å². The minimum Gasteiger partial charge on any atom is -0.386 e. The van der Waals surface area contributed by atoms with E-state index in [1.54, 1.807) is 11.3 Å². The third-order valence-electron chi connectivity index (χ3n) is 3.18. The van der Waals surface area contributed by atoms with E-state index in [2.05, 4.69) is 36.0 Å². The first-order chi connectivity index (χ1) is 7.05. The lowest BCUT2D eigenvalue weighted by Gasteiger charge is -2.49. The molecular weight excluding hydrogens is 208 g/mol. The van der Waals surface area contributed by atoms with Gasteiger partial charge < -0.3 is 10.0 Å². The fraction of sp³-hybridized carbons (Fsp3) is 0.727. The Bertz CT molecular complexity index is 342. The minimum absolute atomic E-state index is 0.319. The fourth-order valence-corrected chi connectivity index (χ4v) is 2.63. The van der Waals surface area contributed by atoms with Crippen molar-refractivity contribution in [3.8, 4) is 0 Å². The molecule has 1 N–H and O–H groups in total. The highest BCUT2D eigenvalue weighted by Gasteiger charge is 2.44. The first kappa shape index (κ1) is 10.9.